The molecule has 7 nitrogen and oxygen atoms in total. The van der Waals surface area contributed by atoms with Crippen molar-refractivity contribution < 1.29 is 9.59 Å². The van der Waals surface area contributed by atoms with E-state index in [1.54, 1.807) is 28.8 Å². The van der Waals surface area contributed by atoms with Crippen molar-refractivity contribution in [2.45, 2.75) is 62.6 Å². The number of carbonyl (C=O) groups excluding carboxylic acids is 2. The first-order valence-corrected chi connectivity index (χ1v) is 12.1. The smallest absolute Gasteiger partial charge is 0.251 e. The Hall–Kier alpha value is -2.35. The molecule has 1 N–H and O–H groups in total. The van der Waals surface area contributed by atoms with E-state index >= 15 is 0 Å². The molecule has 160 valence electrons. The van der Waals surface area contributed by atoms with Crippen LogP contribution in [0, 0.1) is 0 Å². The van der Waals surface area contributed by atoms with Gasteiger partial charge in [-0.15, -0.1) is 10.2 Å². The monoisotopic (exact) mass is 427 g/mol. The summed E-state index contributed by atoms with van der Waals surface area (Å²) in [6.45, 7) is 1.31. The fourth-order valence-electron chi connectivity index (χ4n) is 4.43. The normalized spacial score (nSPS) is 17.1. The van der Waals surface area contributed by atoms with Gasteiger partial charge >= 0.3 is 0 Å². The minimum absolute atomic E-state index is 0.106. The van der Waals surface area contributed by atoms with Crippen molar-refractivity contribution in [1.29, 1.82) is 0 Å². The Morgan fingerprint density at radius 3 is 2.80 bits per heavy atom. The third kappa shape index (κ3) is 4.53. The second-order valence-corrected chi connectivity index (χ2v) is 8.74. The predicted octanol–water partition coefficient (Wildman–Crippen LogP) is 3.60. The third-order valence-corrected chi connectivity index (χ3v) is 6.61. The van der Waals surface area contributed by atoms with Crippen LogP contribution in [-0.4, -0.2) is 45.9 Å². The van der Waals surface area contributed by atoms with Crippen molar-refractivity contribution in [1.82, 2.24) is 20.1 Å². The van der Waals surface area contributed by atoms with Crippen LogP contribution in [0.25, 0.3) is 0 Å². The molecule has 2 heterocycles. The van der Waals surface area contributed by atoms with Crippen LogP contribution >= 0.6 is 11.8 Å². The molecule has 0 radical (unpaired) electrons. The van der Waals surface area contributed by atoms with Crippen LogP contribution in [0.2, 0.25) is 0 Å². The Bertz CT molecular complexity index is 907. The topological polar surface area (TPSA) is 80.1 Å². The summed E-state index contributed by atoms with van der Waals surface area (Å²) in [6, 6.07) is 7.84. The minimum atomic E-state index is -0.106. The Kier molecular flexibility index (Phi) is 6.72. The van der Waals surface area contributed by atoms with Crippen molar-refractivity contribution in [3.63, 3.8) is 0 Å². The molecule has 0 atom stereocenters. The summed E-state index contributed by atoms with van der Waals surface area (Å²) in [7, 11) is 0. The number of aryl methyl sites for hydroxylation is 1. The van der Waals surface area contributed by atoms with E-state index in [1.807, 2.05) is 18.4 Å². The number of benzene rings is 1. The molecule has 0 spiro atoms. The van der Waals surface area contributed by atoms with Crippen molar-refractivity contribution >= 4 is 29.3 Å². The summed E-state index contributed by atoms with van der Waals surface area (Å²) in [4.78, 5) is 26.3. The fourth-order valence-corrected chi connectivity index (χ4v) is 5.01. The second kappa shape index (κ2) is 9.64. The lowest BCUT2D eigenvalue weighted by Crippen LogP contribution is -2.27. The number of thioether (sulfide) groups is 1. The van der Waals surface area contributed by atoms with Crippen LogP contribution in [0.1, 0.15) is 67.2 Å². The van der Waals surface area contributed by atoms with Gasteiger partial charge in [-0.1, -0.05) is 30.7 Å². The summed E-state index contributed by atoms with van der Waals surface area (Å²) in [5.74, 6) is 1.05. The number of aromatic nitrogens is 3. The average Bonchev–Trinajstić information content (AvgIpc) is 3.51. The molecule has 2 aliphatic rings. The first-order valence-electron chi connectivity index (χ1n) is 10.8. The van der Waals surface area contributed by atoms with E-state index in [4.69, 9.17) is 0 Å². The number of amides is 2. The first-order chi connectivity index (χ1) is 14.7. The number of carbonyl (C=O) groups is 2. The van der Waals surface area contributed by atoms with Gasteiger partial charge in [-0.3, -0.25) is 9.59 Å². The highest BCUT2D eigenvalue weighted by molar-refractivity contribution is 7.98. The zero-order chi connectivity index (χ0) is 20.9. The SMILES string of the molecule is CSc1nnc(CCCNC(=O)c2cccc(N3CCCC3=O)c2)n1C1CCCC1. The van der Waals surface area contributed by atoms with Gasteiger partial charge in [0.25, 0.3) is 5.91 Å². The molecule has 8 heteroatoms. The maximum Gasteiger partial charge on any atom is 0.251 e. The summed E-state index contributed by atoms with van der Waals surface area (Å²) in [5.41, 5.74) is 1.39. The molecular formula is C22H29N5O2S. The minimum Gasteiger partial charge on any atom is -0.352 e. The van der Waals surface area contributed by atoms with Crippen LogP contribution in [0.4, 0.5) is 5.69 Å². The molecule has 1 aromatic carbocycles. The zero-order valence-electron chi connectivity index (χ0n) is 17.5. The van der Waals surface area contributed by atoms with Crippen molar-refractivity contribution in [2.24, 2.45) is 0 Å². The number of anilines is 1. The van der Waals surface area contributed by atoms with Gasteiger partial charge in [0.1, 0.15) is 5.82 Å². The van der Waals surface area contributed by atoms with E-state index < -0.39 is 0 Å². The first kappa shape index (κ1) is 20.9. The Morgan fingerprint density at radius 1 is 1.23 bits per heavy atom. The van der Waals surface area contributed by atoms with Gasteiger partial charge in [0.15, 0.2) is 5.16 Å². The Labute approximate surface area is 181 Å². The van der Waals surface area contributed by atoms with E-state index in [0.717, 1.165) is 42.5 Å². The molecule has 0 unspecified atom stereocenters. The van der Waals surface area contributed by atoms with Gasteiger partial charge in [0, 0.05) is 43.2 Å². The lowest BCUT2D eigenvalue weighted by Gasteiger charge is -2.17. The second-order valence-electron chi connectivity index (χ2n) is 7.97. The lowest BCUT2D eigenvalue weighted by atomic mass is 10.1. The number of rotatable bonds is 8. The van der Waals surface area contributed by atoms with E-state index in [2.05, 4.69) is 20.1 Å². The molecule has 1 saturated heterocycles. The maximum absolute atomic E-state index is 12.6. The number of nitrogens with one attached hydrogen (secondary N) is 1. The van der Waals surface area contributed by atoms with Gasteiger partial charge in [-0.05, 0) is 50.1 Å². The quantitative estimate of drug-likeness (QED) is 0.514. The summed E-state index contributed by atoms with van der Waals surface area (Å²) in [6.07, 6.45) is 10.1. The average molecular weight is 428 g/mol. The Balaban J connectivity index is 1.32. The molecule has 2 amide bonds. The van der Waals surface area contributed by atoms with Gasteiger partial charge < -0.3 is 14.8 Å². The standard InChI is InChI=1S/C22H29N5O2S/c1-30-22-25-24-19(27(22)17-8-2-3-9-17)11-5-13-23-21(29)16-7-4-10-18(15-16)26-14-6-12-20(26)28/h4,7,10,15,17H,2-3,5-6,8-9,11-14H2,1H3,(H,23,29). The largest absolute Gasteiger partial charge is 0.352 e. The van der Waals surface area contributed by atoms with Gasteiger partial charge in [0.05, 0.1) is 0 Å². The molecule has 1 aliphatic carbocycles. The molecular weight excluding hydrogens is 398 g/mol. The summed E-state index contributed by atoms with van der Waals surface area (Å²) in [5, 5.41) is 12.8. The van der Waals surface area contributed by atoms with Crippen molar-refractivity contribution in [3.05, 3.63) is 35.7 Å². The van der Waals surface area contributed by atoms with Gasteiger partial charge in [0.2, 0.25) is 5.91 Å². The van der Waals surface area contributed by atoms with Crippen LogP contribution in [0.5, 0.6) is 0 Å². The van der Waals surface area contributed by atoms with Crippen LogP contribution in [0.15, 0.2) is 29.4 Å². The molecule has 4 rings (SSSR count). The van der Waals surface area contributed by atoms with Crippen molar-refractivity contribution in [3.8, 4) is 0 Å². The van der Waals surface area contributed by atoms with E-state index in [0.29, 0.717) is 24.6 Å². The van der Waals surface area contributed by atoms with Crippen LogP contribution in [0.3, 0.4) is 0 Å². The van der Waals surface area contributed by atoms with Crippen LogP contribution < -0.4 is 10.2 Å². The van der Waals surface area contributed by atoms with E-state index in [9.17, 15) is 9.59 Å². The molecule has 30 heavy (non-hydrogen) atoms. The van der Waals surface area contributed by atoms with Gasteiger partial charge in [-0.25, -0.2) is 0 Å². The zero-order valence-corrected chi connectivity index (χ0v) is 18.3. The number of hydrogen-bond donors (Lipinski definition) is 1. The predicted molar refractivity (Wildman–Crippen MR) is 118 cm³/mol. The summed E-state index contributed by atoms with van der Waals surface area (Å²) >= 11 is 1.65. The van der Waals surface area contributed by atoms with Crippen molar-refractivity contribution in [2.75, 3.05) is 24.2 Å². The molecule has 1 aromatic heterocycles. The van der Waals surface area contributed by atoms with Crippen LogP contribution in [-0.2, 0) is 11.2 Å². The molecule has 2 fully saturated rings. The highest BCUT2D eigenvalue weighted by Crippen LogP contribution is 2.33. The van der Waals surface area contributed by atoms with E-state index in [-0.39, 0.29) is 11.8 Å². The fraction of sp³-hybridized carbons (Fsp3) is 0.545. The summed E-state index contributed by atoms with van der Waals surface area (Å²) < 4.78 is 2.32. The lowest BCUT2D eigenvalue weighted by molar-refractivity contribution is -0.117. The third-order valence-electron chi connectivity index (χ3n) is 5.96. The Morgan fingerprint density at radius 2 is 2.07 bits per heavy atom. The highest BCUT2D eigenvalue weighted by atomic mass is 32.2. The highest BCUT2D eigenvalue weighted by Gasteiger charge is 2.24. The maximum atomic E-state index is 12.6. The molecule has 2 aromatic rings. The molecule has 1 aliphatic heterocycles. The number of hydrogen-bond acceptors (Lipinski definition) is 5. The molecule has 1 saturated carbocycles. The van der Waals surface area contributed by atoms with E-state index in [1.165, 1.54) is 25.7 Å². The van der Waals surface area contributed by atoms with Gasteiger partial charge in [-0.2, -0.15) is 0 Å². The number of nitrogens with zero attached hydrogens (tertiary/aromatic N) is 4. The molecule has 0 bridgehead atoms.